The SMILES string of the molecule is CCCN1CCC(OC2CCN(C(C)=O)CC2)CC1. The summed E-state index contributed by atoms with van der Waals surface area (Å²) >= 11 is 0. The molecule has 1 amide bonds. The molecule has 2 saturated heterocycles. The molecule has 0 N–H and O–H groups in total. The van der Waals surface area contributed by atoms with E-state index in [2.05, 4.69) is 11.8 Å². The van der Waals surface area contributed by atoms with E-state index in [0.29, 0.717) is 12.2 Å². The van der Waals surface area contributed by atoms with Gasteiger partial charge in [0.2, 0.25) is 5.91 Å². The van der Waals surface area contributed by atoms with Crippen molar-refractivity contribution in [3.8, 4) is 0 Å². The van der Waals surface area contributed by atoms with Gasteiger partial charge in [0.05, 0.1) is 12.2 Å². The molecule has 2 aliphatic rings. The van der Waals surface area contributed by atoms with Gasteiger partial charge in [-0.05, 0) is 38.6 Å². The third-order valence-electron chi connectivity index (χ3n) is 4.35. The van der Waals surface area contributed by atoms with Crippen molar-refractivity contribution in [3.05, 3.63) is 0 Å². The van der Waals surface area contributed by atoms with Gasteiger partial charge in [-0.3, -0.25) is 4.79 Å². The Balaban J connectivity index is 1.65. The molecule has 0 aromatic heterocycles. The van der Waals surface area contributed by atoms with Gasteiger partial charge in [-0.25, -0.2) is 0 Å². The Bertz CT molecular complexity index is 280. The molecule has 0 saturated carbocycles. The van der Waals surface area contributed by atoms with Crippen LogP contribution in [0.25, 0.3) is 0 Å². The lowest BCUT2D eigenvalue weighted by Gasteiger charge is -2.36. The second-order valence-electron chi connectivity index (χ2n) is 5.88. The number of carbonyl (C=O) groups excluding carboxylic acids is 1. The fraction of sp³-hybridized carbons (Fsp3) is 0.933. The number of ether oxygens (including phenoxy) is 1. The summed E-state index contributed by atoms with van der Waals surface area (Å²) in [7, 11) is 0. The number of carbonyl (C=O) groups is 1. The molecule has 0 aromatic carbocycles. The summed E-state index contributed by atoms with van der Waals surface area (Å²) in [6.45, 7) is 9.23. The smallest absolute Gasteiger partial charge is 0.219 e. The lowest BCUT2D eigenvalue weighted by molar-refractivity contribution is -0.132. The fourth-order valence-electron chi connectivity index (χ4n) is 3.16. The van der Waals surface area contributed by atoms with Crippen LogP contribution in [0.1, 0.15) is 46.0 Å². The van der Waals surface area contributed by atoms with Crippen molar-refractivity contribution in [1.29, 1.82) is 0 Å². The molecule has 0 aliphatic carbocycles. The molecular weight excluding hydrogens is 240 g/mol. The van der Waals surface area contributed by atoms with Gasteiger partial charge in [-0.2, -0.15) is 0 Å². The van der Waals surface area contributed by atoms with Gasteiger partial charge < -0.3 is 14.5 Å². The lowest BCUT2D eigenvalue weighted by Crippen LogP contribution is -2.43. The van der Waals surface area contributed by atoms with Crippen LogP contribution in [-0.4, -0.2) is 60.6 Å². The number of amides is 1. The van der Waals surface area contributed by atoms with Crippen LogP contribution < -0.4 is 0 Å². The molecule has 0 spiro atoms. The van der Waals surface area contributed by atoms with Crippen LogP contribution in [0.4, 0.5) is 0 Å². The van der Waals surface area contributed by atoms with E-state index in [1.54, 1.807) is 6.92 Å². The Morgan fingerprint density at radius 3 is 2.05 bits per heavy atom. The summed E-state index contributed by atoms with van der Waals surface area (Å²) in [6, 6.07) is 0. The monoisotopic (exact) mass is 268 g/mol. The van der Waals surface area contributed by atoms with Crippen molar-refractivity contribution < 1.29 is 9.53 Å². The van der Waals surface area contributed by atoms with Crippen LogP contribution in [0.3, 0.4) is 0 Å². The van der Waals surface area contributed by atoms with Crippen LogP contribution in [0.2, 0.25) is 0 Å². The van der Waals surface area contributed by atoms with Crippen molar-refractivity contribution in [2.24, 2.45) is 0 Å². The first-order valence-electron chi connectivity index (χ1n) is 7.82. The van der Waals surface area contributed by atoms with Crippen molar-refractivity contribution in [2.45, 2.75) is 58.2 Å². The quantitative estimate of drug-likeness (QED) is 0.780. The lowest BCUT2D eigenvalue weighted by atomic mass is 10.0. The Morgan fingerprint density at radius 1 is 1.05 bits per heavy atom. The van der Waals surface area contributed by atoms with Gasteiger partial charge in [0.1, 0.15) is 0 Å². The molecule has 2 heterocycles. The van der Waals surface area contributed by atoms with Crippen molar-refractivity contribution >= 4 is 5.91 Å². The van der Waals surface area contributed by atoms with Crippen LogP contribution in [0, 0.1) is 0 Å². The van der Waals surface area contributed by atoms with E-state index in [-0.39, 0.29) is 5.91 Å². The van der Waals surface area contributed by atoms with Gasteiger partial charge in [-0.15, -0.1) is 0 Å². The molecule has 110 valence electrons. The molecule has 0 aromatic rings. The molecule has 19 heavy (non-hydrogen) atoms. The summed E-state index contributed by atoms with van der Waals surface area (Å²) in [5, 5.41) is 0. The maximum Gasteiger partial charge on any atom is 0.219 e. The molecule has 0 atom stereocenters. The van der Waals surface area contributed by atoms with E-state index in [4.69, 9.17) is 4.74 Å². The van der Waals surface area contributed by atoms with Crippen LogP contribution in [-0.2, 0) is 9.53 Å². The normalized spacial score (nSPS) is 23.8. The summed E-state index contributed by atoms with van der Waals surface area (Å²) in [4.78, 5) is 15.7. The van der Waals surface area contributed by atoms with Crippen LogP contribution >= 0.6 is 0 Å². The molecule has 0 unspecified atom stereocenters. The zero-order valence-electron chi connectivity index (χ0n) is 12.4. The number of nitrogens with zero attached hydrogens (tertiary/aromatic N) is 2. The van der Waals surface area contributed by atoms with E-state index in [9.17, 15) is 4.79 Å². The Kier molecular flexibility index (Phi) is 5.64. The number of piperidine rings is 2. The van der Waals surface area contributed by atoms with E-state index >= 15 is 0 Å². The number of hydrogen-bond acceptors (Lipinski definition) is 3. The largest absolute Gasteiger partial charge is 0.375 e. The first-order chi connectivity index (χ1) is 9.19. The Labute approximate surface area is 117 Å². The summed E-state index contributed by atoms with van der Waals surface area (Å²) in [5.74, 6) is 0.200. The first-order valence-corrected chi connectivity index (χ1v) is 7.82. The topological polar surface area (TPSA) is 32.8 Å². The number of likely N-dealkylation sites (tertiary alicyclic amines) is 2. The number of hydrogen-bond donors (Lipinski definition) is 0. The van der Waals surface area contributed by atoms with Gasteiger partial charge in [0.25, 0.3) is 0 Å². The first kappa shape index (κ1) is 14.8. The fourth-order valence-corrected chi connectivity index (χ4v) is 3.16. The molecule has 4 heteroatoms. The van der Waals surface area contributed by atoms with E-state index < -0.39 is 0 Å². The minimum Gasteiger partial charge on any atom is -0.375 e. The molecule has 2 aliphatic heterocycles. The zero-order chi connectivity index (χ0) is 13.7. The van der Waals surface area contributed by atoms with Gasteiger partial charge >= 0.3 is 0 Å². The summed E-state index contributed by atoms with van der Waals surface area (Å²) in [6.07, 6.45) is 6.43. The van der Waals surface area contributed by atoms with E-state index in [1.807, 2.05) is 4.90 Å². The maximum atomic E-state index is 11.3. The molecule has 2 fully saturated rings. The average molecular weight is 268 g/mol. The molecule has 2 rings (SSSR count). The third-order valence-corrected chi connectivity index (χ3v) is 4.35. The van der Waals surface area contributed by atoms with Gasteiger partial charge in [0, 0.05) is 33.1 Å². The van der Waals surface area contributed by atoms with Crippen molar-refractivity contribution in [1.82, 2.24) is 9.80 Å². The second kappa shape index (κ2) is 7.25. The standard InChI is InChI=1S/C15H28N2O2/c1-3-8-16-9-4-14(5-10-16)19-15-6-11-17(12-7-15)13(2)18/h14-15H,3-12H2,1-2H3. The number of rotatable bonds is 4. The summed E-state index contributed by atoms with van der Waals surface area (Å²) in [5.41, 5.74) is 0. The average Bonchev–Trinajstić information content (AvgIpc) is 2.42. The highest BCUT2D eigenvalue weighted by Gasteiger charge is 2.26. The molecular formula is C15H28N2O2. The van der Waals surface area contributed by atoms with E-state index in [1.165, 1.54) is 38.9 Å². The molecule has 4 nitrogen and oxygen atoms in total. The van der Waals surface area contributed by atoms with Crippen LogP contribution in [0.5, 0.6) is 0 Å². The van der Waals surface area contributed by atoms with Crippen molar-refractivity contribution in [3.63, 3.8) is 0 Å². The van der Waals surface area contributed by atoms with Gasteiger partial charge in [-0.1, -0.05) is 6.92 Å². The maximum absolute atomic E-state index is 11.3. The predicted molar refractivity (Wildman–Crippen MR) is 76.1 cm³/mol. The Hall–Kier alpha value is -0.610. The van der Waals surface area contributed by atoms with Crippen molar-refractivity contribution in [2.75, 3.05) is 32.7 Å². The Morgan fingerprint density at radius 2 is 1.58 bits per heavy atom. The second-order valence-corrected chi connectivity index (χ2v) is 5.88. The van der Waals surface area contributed by atoms with E-state index in [0.717, 1.165) is 25.9 Å². The van der Waals surface area contributed by atoms with Crippen LogP contribution in [0.15, 0.2) is 0 Å². The molecule has 0 radical (unpaired) electrons. The predicted octanol–water partition coefficient (Wildman–Crippen LogP) is 1.89. The third kappa shape index (κ3) is 4.46. The minimum atomic E-state index is 0.200. The molecule has 0 bridgehead atoms. The van der Waals surface area contributed by atoms with Gasteiger partial charge in [0.15, 0.2) is 0 Å². The zero-order valence-corrected chi connectivity index (χ0v) is 12.4. The highest BCUT2D eigenvalue weighted by atomic mass is 16.5. The summed E-state index contributed by atoms with van der Waals surface area (Å²) < 4.78 is 6.22. The highest BCUT2D eigenvalue weighted by molar-refractivity contribution is 5.73. The highest BCUT2D eigenvalue weighted by Crippen LogP contribution is 2.21. The minimum absolute atomic E-state index is 0.200.